The van der Waals surface area contributed by atoms with Gasteiger partial charge in [0, 0.05) is 5.02 Å². The predicted octanol–water partition coefficient (Wildman–Crippen LogP) is 6.52. The average molecular weight is 321 g/mol. The van der Waals surface area contributed by atoms with Crippen molar-refractivity contribution in [3.05, 3.63) is 67.7 Å². The molecule has 0 bridgehead atoms. The standard InChI is InChI=1S/C19H22Cl2/c1-10-7-8-16(9-17(10)20)19(21)18-14(5)12(3)11(2)13(4)15(18)6/h7-9,19H,1-6H3. The maximum atomic E-state index is 6.80. The Hall–Kier alpha value is -0.980. The Morgan fingerprint density at radius 3 is 1.71 bits per heavy atom. The van der Waals surface area contributed by atoms with Gasteiger partial charge in [0.15, 0.2) is 0 Å². The second kappa shape index (κ2) is 6.02. The fourth-order valence-electron chi connectivity index (χ4n) is 2.84. The molecule has 2 heteroatoms. The highest BCUT2D eigenvalue weighted by molar-refractivity contribution is 6.31. The van der Waals surface area contributed by atoms with Crippen molar-refractivity contribution in [2.75, 3.05) is 0 Å². The molecule has 0 spiro atoms. The van der Waals surface area contributed by atoms with Gasteiger partial charge in [0.05, 0.1) is 5.38 Å². The van der Waals surface area contributed by atoms with Gasteiger partial charge < -0.3 is 0 Å². The molecule has 0 aliphatic carbocycles. The van der Waals surface area contributed by atoms with Gasteiger partial charge in [-0.05, 0) is 92.1 Å². The van der Waals surface area contributed by atoms with Crippen LogP contribution in [0, 0.1) is 41.5 Å². The fourth-order valence-corrected chi connectivity index (χ4v) is 3.49. The van der Waals surface area contributed by atoms with Gasteiger partial charge in [-0.1, -0.05) is 23.7 Å². The Labute approximate surface area is 138 Å². The lowest BCUT2D eigenvalue weighted by molar-refractivity contribution is 1.04. The van der Waals surface area contributed by atoms with Crippen LogP contribution in [0.2, 0.25) is 5.02 Å². The van der Waals surface area contributed by atoms with Gasteiger partial charge in [0.25, 0.3) is 0 Å². The highest BCUT2D eigenvalue weighted by Gasteiger charge is 2.20. The molecule has 0 nitrogen and oxygen atoms in total. The fraction of sp³-hybridized carbons (Fsp3) is 0.368. The lowest BCUT2D eigenvalue weighted by atomic mass is 9.86. The molecule has 21 heavy (non-hydrogen) atoms. The quantitative estimate of drug-likeness (QED) is 0.552. The lowest BCUT2D eigenvalue weighted by Gasteiger charge is -2.22. The van der Waals surface area contributed by atoms with Crippen LogP contribution in [-0.2, 0) is 0 Å². The average Bonchev–Trinajstić information content (AvgIpc) is 2.46. The largest absolute Gasteiger partial charge is 0.113 e. The second-order valence-corrected chi connectivity index (χ2v) is 6.75. The summed E-state index contributed by atoms with van der Waals surface area (Å²) in [6.45, 7) is 12.9. The summed E-state index contributed by atoms with van der Waals surface area (Å²) in [5, 5.41) is 0.607. The molecular weight excluding hydrogens is 299 g/mol. The first kappa shape index (κ1) is 16.4. The van der Waals surface area contributed by atoms with Gasteiger partial charge >= 0.3 is 0 Å². The van der Waals surface area contributed by atoms with Crippen LogP contribution in [0.5, 0.6) is 0 Å². The van der Waals surface area contributed by atoms with E-state index in [1.165, 1.54) is 33.4 Å². The smallest absolute Gasteiger partial charge is 0.0841 e. The van der Waals surface area contributed by atoms with Gasteiger partial charge in [-0.3, -0.25) is 0 Å². The Morgan fingerprint density at radius 1 is 0.762 bits per heavy atom. The number of alkyl halides is 1. The number of halogens is 2. The summed E-state index contributed by atoms with van der Waals surface area (Å²) in [6, 6.07) is 6.09. The first-order valence-electron chi connectivity index (χ1n) is 7.22. The van der Waals surface area contributed by atoms with E-state index in [9.17, 15) is 0 Å². The molecular formula is C19H22Cl2. The summed E-state index contributed by atoms with van der Waals surface area (Å²) >= 11 is 13.1. The van der Waals surface area contributed by atoms with Crippen LogP contribution in [0.1, 0.15) is 49.9 Å². The summed E-state index contributed by atoms with van der Waals surface area (Å²) in [5.41, 5.74) is 9.94. The van der Waals surface area contributed by atoms with Crippen molar-refractivity contribution in [3.63, 3.8) is 0 Å². The van der Waals surface area contributed by atoms with Crippen LogP contribution < -0.4 is 0 Å². The summed E-state index contributed by atoms with van der Waals surface area (Å²) in [6.07, 6.45) is 0. The molecule has 1 unspecified atom stereocenters. The van der Waals surface area contributed by atoms with Crippen molar-refractivity contribution in [1.29, 1.82) is 0 Å². The molecule has 0 radical (unpaired) electrons. The first-order chi connectivity index (χ1) is 9.75. The monoisotopic (exact) mass is 320 g/mol. The summed E-state index contributed by atoms with van der Waals surface area (Å²) < 4.78 is 0. The Bertz CT molecular complexity index is 670. The summed E-state index contributed by atoms with van der Waals surface area (Å²) in [4.78, 5) is 0. The number of benzene rings is 2. The molecule has 0 aromatic heterocycles. The van der Waals surface area contributed by atoms with Crippen LogP contribution in [0.4, 0.5) is 0 Å². The zero-order valence-corrected chi connectivity index (χ0v) is 15.1. The third-order valence-electron chi connectivity index (χ3n) is 4.80. The van der Waals surface area contributed by atoms with Gasteiger partial charge in [0.2, 0.25) is 0 Å². The molecule has 0 aliphatic heterocycles. The number of hydrogen-bond donors (Lipinski definition) is 0. The molecule has 0 aliphatic rings. The van der Waals surface area contributed by atoms with E-state index in [0.29, 0.717) is 0 Å². The van der Waals surface area contributed by atoms with E-state index in [0.717, 1.165) is 16.1 Å². The van der Waals surface area contributed by atoms with Gasteiger partial charge in [-0.15, -0.1) is 11.6 Å². The van der Waals surface area contributed by atoms with Gasteiger partial charge in [-0.25, -0.2) is 0 Å². The van der Waals surface area contributed by atoms with Crippen LogP contribution in [-0.4, -0.2) is 0 Å². The molecule has 0 saturated carbocycles. The minimum absolute atomic E-state index is 0.166. The lowest BCUT2D eigenvalue weighted by Crippen LogP contribution is -2.06. The van der Waals surface area contributed by atoms with E-state index in [2.05, 4.69) is 40.7 Å². The zero-order chi connectivity index (χ0) is 15.9. The topological polar surface area (TPSA) is 0 Å². The number of rotatable bonds is 2. The van der Waals surface area contributed by atoms with Crippen LogP contribution in [0.25, 0.3) is 0 Å². The van der Waals surface area contributed by atoms with Gasteiger partial charge in [-0.2, -0.15) is 0 Å². The maximum Gasteiger partial charge on any atom is 0.0841 e. The van der Waals surface area contributed by atoms with Crippen molar-refractivity contribution in [2.45, 2.75) is 46.9 Å². The minimum atomic E-state index is -0.166. The van der Waals surface area contributed by atoms with Crippen LogP contribution in [0.3, 0.4) is 0 Å². The van der Waals surface area contributed by atoms with E-state index in [1.54, 1.807) is 0 Å². The first-order valence-corrected chi connectivity index (χ1v) is 8.04. The van der Waals surface area contributed by atoms with E-state index in [4.69, 9.17) is 23.2 Å². The predicted molar refractivity (Wildman–Crippen MR) is 94.0 cm³/mol. The van der Waals surface area contributed by atoms with Gasteiger partial charge in [0.1, 0.15) is 0 Å². The van der Waals surface area contributed by atoms with E-state index in [-0.39, 0.29) is 5.38 Å². The molecule has 0 amide bonds. The van der Waals surface area contributed by atoms with E-state index in [1.807, 2.05) is 19.1 Å². The van der Waals surface area contributed by atoms with Crippen LogP contribution >= 0.6 is 23.2 Å². The molecule has 0 N–H and O–H groups in total. The van der Waals surface area contributed by atoms with Crippen LogP contribution in [0.15, 0.2) is 18.2 Å². The molecule has 0 fully saturated rings. The molecule has 0 heterocycles. The SMILES string of the molecule is Cc1ccc(C(Cl)c2c(C)c(C)c(C)c(C)c2C)cc1Cl. The summed E-state index contributed by atoms with van der Waals surface area (Å²) in [7, 11) is 0. The Morgan fingerprint density at radius 2 is 1.24 bits per heavy atom. The molecule has 0 saturated heterocycles. The van der Waals surface area contributed by atoms with Crippen molar-refractivity contribution in [3.8, 4) is 0 Å². The van der Waals surface area contributed by atoms with Crippen molar-refractivity contribution < 1.29 is 0 Å². The normalized spacial score (nSPS) is 12.6. The zero-order valence-electron chi connectivity index (χ0n) is 13.6. The second-order valence-electron chi connectivity index (χ2n) is 5.91. The highest BCUT2D eigenvalue weighted by Crippen LogP contribution is 2.38. The highest BCUT2D eigenvalue weighted by atomic mass is 35.5. The van der Waals surface area contributed by atoms with Crippen molar-refractivity contribution >= 4 is 23.2 Å². The number of hydrogen-bond acceptors (Lipinski definition) is 0. The third-order valence-corrected chi connectivity index (χ3v) is 5.68. The molecule has 2 aromatic rings. The molecule has 2 aromatic carbocycles. The van der Waals surface area contributed by atoms with Crippen molar-refractivity contribution in [1.82, 2.24) is 0 Å². The van der Waals surface area contributed by atoms with Crippen molar-refractivity contribution in [2.24, 2.45) is 0 Å². The van der Waals surface area contributed by atoms with E-state index < -0.39 is 0 Å². The molecule has 2 rings (SSSR count). The summed E-state index contributed by atoms with van der Waals surface area (Å²) in [5.74, 6) is 0. The maximum absolute atomic E-state index is 6.80. The number of aryl methyl sites for hydroxylation is 1. The molecule has 112 valence electrons. The van der Waals surface area contributed by atoms with E-state index >= 15 is 0 Å². The molecule has 1 atom stereocenters. The Balaban J connectivity index is 2.63. The Kier molecular flexibility index (Phi) is 4.70. The minimum Gasteiger partial charge on any atom is -0.113 e. The third kappa shape index (κ3) is 2.84.